The third-order valence-electron chi connectivity index (χ3n) is 4.19. The molecule has 1 N–H and O–H groups in total. The zero-order chi connectivity index (χ0) is 13.8. The first-order chi connectivity index (χ1) is 9.83. The number of hydrogen-bond donors (Lipinski definition) is 1. The summed E-state index contributed by atoms with van der Waals surface area (Å²) in [6.07, 6.45) is 5.54. The topological polar surface area (TPSA) is 36.6 Å². The summed E-state index contributed by atoms with van der Waals surface area (Å²) >= 11 is 0. The number of nitrogens with zero attached hydrogens (tertiary/aromatic N) is 1. The predicted molar refractivity (Wildman–Crippen MR) is 80.7 cm³/mol. The van der Waals surface area contributed by atoms with E-state index >= 15 is 0 Å². The fraction of sp³-hybridized carbons (Fsp3) is 0.529. The number of fused-ring (bicyclic) bond motifs is 1. The van der Waals surface area contributed by atoms with E-state index in [-0.39, 0.29) is 0 Å². The smallest absolute Gasteiger partial charge is 0.134 e. The fourth-order valence-electron chi connectivity index (χ4n) is 2.97. The highest BCUT2D eigenvalue weighted by Gasteiger charge is 2.16. The van der Waals surface area contributed by atoms with E-state index in [4.69, 9.17) is 4.42 Å². The Morgan fingerprint density at radius 1 is 1.10 bits per heavy atom. The molecule has 3 nitrogen and oxygen atoms in total. The zero-order valence-electron chi connectivity index (χ0n) is 11.9. The lowest BCUT2D eigenvalue weighted by Crippen LogP contribution is -2.26. The molecule has 3 heteroatoms. The highest BCUT2D eigenvalue weighted by atomic mass is 16.4. The van der Waals surface area contributed by atoms with Crippen molar-refractivity contribution in [2.24, 2.45) is 0 Å². The molecule has 1 fully saturated rings. The maximum atomic E-state index is 10.3. The van der Waals surface area contributed by atoms with Gasteiger partial charge in [-0.3, -0.25) is 0 Å². The lowest BCUT2D eigenvalue weighted by molar-refractivity contribution is 0.123. The van der Waals surface area contributed by atoms with Crippen LogP contribution in [0.1, 0.15) is 44.0 Å². The van der Waals surface area contributed by atoms with E-state index in [1.165, 1.54) is 38.8 Å². The summed E-state index contributed by atoms with van der Waals surface area (Å²) in [7, 11) is 0. The van der Waals surface area contributed by atoms with Crippen molar-refractivity contribution in [1.29, 1.82) is 0 Å². The lowest BCUT2D eigenvalue weighted by atomic mass is 10.1. The molecular formula is C17H23NO2. The summed E-state index contributed by atoms with van der Waals surface area (Å²) in [6, 6.07) is 9.87. The van der Waals surface area contributed by atoms with Gasteiger partial charge in [0.25, 0.3) is 0 Å². The van der Waals surface area contributed by atoms with E-state index in [0.29, 0.717) is 5.76 Å². The van der Waals surface area contributed by atoms with Gasteiger partial charge in [-0.05, 0) is 44.5 Å². The van der Waals surface area contributed by atoms with Crippen LogP contribution in [-0.2, 0) is 0 Å². The van der Waals surface area contributed by atoms with Gasteiger partial charge < -0.3 is 14.4 Å². The minimum absolute atomic E-state index is 0.495. The Morgan fingerprint density at radius 3 is 2.60 bits per heavy atom. The third-order valence-corrected chi connectivity index (χ3v) is 4.19. The van der Waals surface area contributed by atoms with E-state index in [0.717, 1.165) is 23.9 Å². The van der Waals surface area contributed by atoms with Crippen molar-refractivity contribution < 1.29 is 9.52 Å². The van der Waals surface area contributed by atoms with Crippen LogP contribution in [0.5, 0.6) is 0 Å². The Kier molecular flexibility index (Phi) is 4.38. The van der Waals surface area contributed by atoms with Crippen LogP contribution in [0.2, 0.25) is 0 Å². The molecule has 1 unspecified atom stereocenters. The van der Waals surface area contributed by atoms with Crippen molar-refractivity contribution in [3.8, 4) is 0 Å². The number of aliphatic hydroxyl groups excluding tert-OH is 1. The first-order valence-electron chi connectivity index (χ1n) is 7.72. The summed E-state index contributed by atoms with van der Waals surface area (Å²) in [6.45, 7) is 3.30. The maximum absolute atomic E-state index is 10.3. The van der Waals surface area contributed by atoms with Gasteiger partial charge in [-0.15, -0.1) is 0 Å². The number of benzene rings is 1. The van der Waals surface area contributed by atoms with Crippen LogP contribution in [0.15, 0.2) is 34.7 Å². The predicted octanol–water partition coefficient (Wildman–Crippen LogP) is 3.73. The largest absolute Gasteiger partial charge is 0.458 e. The molecule has 0 aliphatic carbocycles. The lowest BCUT2D eigenvalue weighted by Gasteiger charge is -2.20. The van der Waals surface area contributed by atoms with Gasteiger partial charge in [-0.2, -0.15) is 0 Å². The van der Waals surface area contributed by atoms with Gasteiger partial charge in [-0.1, -0.05) is 31.0 Å². The molecule has 0 spiro atoms. The van der Waals surface area contributed by atoms with E-state index in [2.05, 4.69) is 4.90 Å². The zero-order valence-corrected chi connectivity index (χ0v) is 11.9. The van der Waals surface area contributed by atoms with Gasteiger partial charge in [0.15, 0.2) is 0 Å². The van der Waals surface area contributed by atoms with Gasteiger partial charge >= 0.3 is 0 Å². The number of aliphatic hydroxyl groups is 1. The second-order valence-electron chi connectivity index (χ2n) is 5.75. The summed E-state index contributed by atoms with van der Waals surface area (Å²) in [5, 5.41) is 11.4. The molecule has 108 valence electrons. The van der Waals surface area contributed by atoms with Gasteiger partial charge in [0, 0.05) is 11.9 Å². The second-order valence-corrected chi connectivity index (χ2v) is 5.75. The average Bonchev–Trinajstić information content (AvgIpc) is 2.74. The third kappa shape index (κ3) is 3.22. The molecule has 1 aliphatic rings. The molecule has 0 bridgehead atoms. The first-order valence-corrected chi connectivity index (χ1v) is 7.72. The standard InChI is InChI=1S/C17H23NO2/c19-15(9-12-18-10-5-1-2-6-11-18)17-13-14-7-3-4-8-16(14)20-17/h3-4,7-8,13,15,19H,1-2,5-6,9-12H2. The van der Waals surface area contributed by atoms with Crippen molar-refractivity contribution in [2.45, 2.75) is 38.2 Å². The normalized spacial score (nSPS) is 19.1. The van der Waals surface area contributed by atoms with Crippen molar-refractivity contribution in [1.82, 2.24) is 4.90 Å². The molecule has 1 aromatic carbocycles. The fourth-order valence-corrected chi connectivity index (χ4v) is 2.97. The molecule has 1 aromatic heterocycles. The van der Waals surface area contributed by atoms with Gasteiger partial charge in [0.2, 0.25) is 0 Å². The highest BCUT2D eigenvalue weighted by Crippen LogP contribution is 2.25. The molecule has 2 aromatic rings. The van der Waals surface area contributed by atoms with Crippen LogP contribution in [0.25, 0.3) is 11.0 Å². The van der Waals surface area contributed by atoms with Crippen molar-refractivity contribution >= 4 is 11.0 Å². The summed E-state index contributed by atoms with van der Waals surface area (Å²) in [5.41, 5.74) is 0.858. The van der Waals surface area contributed by atoms with E-state index in [1.54, 1.807) is 0 Å². The van der Waals surface area contributed by atoms with Crippen molar-refractivity contribution in [3.63, 3.8) is 0 Å². The van der Waals surface area contributed by atoms with Crippen LogP contribution in [0.4, 0.5) is 0 Å². The molecule has 1 saturated heterocycles. The average molecular weight is 273 g/mol. The Morgan fingerprint density at radius 2 is 1.85 bits per heavy atom. The first kappa shape index (κ1) is 13.7. The summed E-state index contributed by atoms with van der Waals surface area (Å²) < 4.78 is 5.73. The van der Waals surface area contributed by atoms with Crippen LogP contribution in [0.3, 0.4) is 0 Å². The number of likely N-dealkylation sites (tertiary alicyclic amines) is 1. The van der Waals surface area contributed by atoms with Gasteiger partial charge in [-0.25, -0.2) is 0 Å². The molecule has 0 saturated carbocycles. The second kappa shape index (κ2) is 6.42. The van der Waals surface area contributed by atoms with Crippen LogP contribution in [0, 0.1) is 0 Å². The highest BCUT2D eigenvalue weighted by molar-refractivity contribution is 5.77. The Hall–Kier alpha value is -1.32. The molecule has 0 amide bonds. The Balaban J connectivity index is 1.59. The summed E-state index contributed by atoms with van der Waals surface area (Å²) in [5.74, 6) is 0.695. The SMILES string of the molecule is OC(CCN1CCCCCC1)c1cc2ccccc2o1. The van der Waals surface area contributed by atoms with E-state index in [9.17, 15) is 5.11 Å². The van der Waals surface area contributed by atoms with E-state index < -0.39 is 6.10 Å². The number of hydrogen-bond acceptors (Lipinski definition) is 3. The quantitative estimate of drug-likeness (QED) is 0.922. The molecule has 0 radical (unpaired) electrons. The molecule has 1 atom stereocenters. The summed E-state index contributed by atoms with van der Waals surface area (Å²) in [4.78, 5) is 2.47. The minimum Gasteiger partial charge on any atom is -0.458 e. The van der Waals surface area contributed by atoms with Crippen LogP contribution >= 0.6 is 0 Å². The van der Waals surface area contributed by atoms with Crippen molar-refractivity contribution in [2.75, 3.05) is 19.6 Å². The molecule has 2 heterocycles. The molecular weight excluding hydrogens is 250 g/mol. The Bertz CT molecular complexity index is 508. The number of furan rings is 1. The molecule has 20 heavy (non-hydrogen) atoms. The monoisotopic (exact) mass is 273 g/mol. The molecule has 3 rings (SSSR count). The van der Waals surface area contributed by atoms with E-state index in [1.807, 2.05) is 30.3 Å². The molecule has 1 aliphatic heterocycles. The number of para-hydroxylation sites is 1. The van der Waals surface area contributed by atoms with Crippen LogP contribution < -0.4 is 0 Å². The Labute approximate surface area is 120 Å². The van der Waals surface area contributed by atoms with Gasteiger partial charge in [0.1, 0.15) is 17.4 Å². The van der Waals surface area contributed by atoms with Gasteiger partial charge in [0.05, 0.1) is 0 Å². The minimum atomic E-state index is -0.495. The van der Waals surface area contributed by atoms with Crippen molar-refractivity contribution in [3.05, 3.63) is 36.1 Å². The number of rotatable bonds is 4. The maximum Gasteiger partial charge on any atom is 0.134 e. The van der Waals surface area contributed by atoms with Crippen LogP contribution in [-0.4, -0.2) is 29.6 Å².